The highest BCUT2D eigenvalue weighted by Gasteiger charge is 2.40. The number of nitrogens with one attached hydrogen (secondary N) is 1. The van der Waals surface area contributed by atoms with Crippen LogP contribution in [0.1, 0.15) is 6.92 Å². The van der Waals surface area contributed by atoms with Gasteiger partial charge >= 0.3 is 6.03 Å². The zero-order chi connectivity index (χ0) is 22.4. The molecule has 1 fully saturated rings. The van der Waals surface area contributed by atoms with Crippen molar-refractivity contribution in [3.63, 3.8) is 0 Å². The van der Waals surface area contributed by atoms with Crippen LogP contribution in [0, 0.1) is 5.92 Å². The van der Waals surface area contributed by atoms with Gasteiger partial charge in [-0.15, -0.1) is 0 Å². The molecule has 2 aromatic rings. The van der Waals surface area contributed by atoms with Crippen LogP contribution in [-0.4, -0.2) is 36.3 Å². The van der Waals surface area contributed by atoms with Gasteiger partial charge in [0.05, 0.1) is 23.0 Å². The van der Waals surface area contributed by atoms with Gasteiger partial charge in [-0.2, -0.15) is 10.1 Å². The lowest BCUT2D eigenvalue weighted by Crippen LogP contribution is -2.54. The van der Waals surface area contributed by atoms with Crippen molar-refractivity contribution in [3.8, 4) is 11.5 Å². The molecule has 1 atom stereocenters. The number of barbiturate groups is 1. The summed E-state index contributed by atoms with van der Waals surface area (Å²) in [7, 11) is 0. The van der Waals surface area contributed by atoms with Crippen molar-refractivity contribution in [3.05, 3.63) is 60.2 Å². The molecule has 1 saturated heterocycles. The Hall–Kier alpha value is -4.47. The molecule has 160 valence electrons. The topological polar surface area (TPSA) is 118 Å². The minimum absolute atomic E-state index is 0.0306. The maximum atomic E-state index is 13.1. The van der Waals surface area contributed by atoms with Crippen molar-refractivity contribution in [2.45, 2.75) is 6.92 Å². The van der Waals surface area contributed by atoms with E-state index in [9.17, 15) is 19.2 Å². The minimum atomic E-state index is -0.924. The molecule has 32 heavy (non-hydrogen) atoms. The molecule has 10 heteroatoms. The first-order valence-electron chi connectivity index (χ1n) is 9.69. The predicted octanol–water partition coefficient (Wildman–Crippen LogP) is 1.96. The summed E-state index contributed by atoms with van der Waals surface area (Å²) >= 11 is 0. The van der Waals surface area contributed by atoms with Gasteiger partial charge in [0, 0.05) is 6.07 Å². The maximum absolute atomic E-state index is 13.1. The number of anilines is 2. The summed E-state index contributed by atoms with van der Waals surface area (Å²) < 4.78 is 10.5. The first-order chi connectivity index (χ1) is 15.4. The van der Waals surface area contributed by atoms with Gasteiger partial charge in [-0.3, -0.25) is 19.7 Å². The zero-order valence-electron chi connectivity index (χ0n) is 16.8. The van der Waals surface area contributed by atoms with E-state index in [1.807, 2.05) is 6.07 Å². The van der Waals surface area contributed by atoms with Crippen molar-refractivity contribution >= 4 is 40.8 Å². The van der Waals surface area contributed by atoms with Crippen molar-refractivity contribution in [2.24, 2.45) is 11.0 Å². The number of rotatable bonds is 3. The highest BCUT2D eigenvalue weighted by molar-refractivity contribution is 6.38. The lowest BCUT2D eigenvalue weighted by atomic mass is 9.98. The van der Waals surface area contributed by atoms with E-state index in [1.165, 1.54) is 23.2 Å². The van der Waals surface area contributed by atoms with Crippen LogP contribution in [0.25, 0.3) is 0 Å². The molecule has 0 spiro atoms. The predicted molar refractivity (Wildman–Crippen MR) is 112 cm³/mol. The summed E-state index contributed by atoms with van der Waals surface area (Å²) in [6.07, 6.45) is 1.24. The molecule has 10 nitrogen and oxygen atoms in total. The molecule has 0 aromatic heterocycles. The lowest BCUT2D eigenvalue weighted by Gasteiger charge is -2.26. The van der Waals surface area contributed by atoms with Gasteiger partial charge in [0.1, 0.15) is 5.57 Å². The van der Waals surface area contributed by atoms with E-state index in [-0.39, 0.29) is 18.1 Å². The Labute approximate surface area is 181 Å². The number of benzene rings is 2. The fourth-order valence-electron chi connectivity index (χ4n) is 3.63. The molecule has 5 amide bonds. The summed E-state index contributed by atoms with van der Waals surface area (Å²) in [5.74, 6) is -2.21. The average molecular weight is 432 g/mol. The molecule has 0 saturated carbocycles. The SMILES string of the molecule is CC1=NN(c2ccccc2)C(=O)[C@@H]1/C=C1\C(=O)NC(=O)N(c2ccc3c(c2)OCO3)C1=O. The largest absolute Gasteiger partial charge is 0.454 e. The fourth-order valence-corrected chi connectivity index (χ4v) is 3.63. The second kappa shape index (κ2) is 7.34. The van der Waals surface area contributed by atoms with Crippen LogP contribution < -0.4 is 24.7 Å². The molecule has 1 N–H and O–H groups in total. The second-order valence-corrected chi connectivity index (χ2v) is 7.22. The number of urea groups is 1. The average Bonchev–Trinajstić information content (AvgIpc) is 3.35. The summed E-state index contributed by atoms with van der Waals surface area (Å²) in [4.78, 5) is 51.8. The number of amides is 5. The first-order valence-corrected chi connectivity index (χ1v) is 9.69. The Morgan fingerprint density at radius 3 is 2.53 bits per heavy atom. The molecule has 2 aromatic carbocycles. The molecular formula is C22H16N4O6. The molecule has 3 aliphatic rings. The van der Waals surface area contributed by atoms with E-state index in [0.717, 1.165) is 4.90 Å². The van der Waals surface area contributed by atoms with E-state index in [4.69, 9.17) is 9.47 Å². The summed E-state index contributed by atoms with van der Waals surface area (Å²) in [5.41, 5.74) is 0.849. The molecule has 0 unspecified atom stereocenters. The highest BCUT2D eigenvalue weighted by atomic mass is 16.7. The third-order valence-corrected chi connectivity index (χ3v) is 5.23. The van der Waals surface area contributed by atoms with Gasteiger partial charge in [-0.25, -0.2) is 9.69 Å². The maximum Gasteiger partial charge on any atom is 0.335 e. The number of hydrazone groups is 1. The van der Waals surface area contributed by atoms with E-state index in [2.05, 4.69) is 10.4 Å². The van der Waals surface area contributed by atoms with E-state index >= 15 is 0 Å². The summed E-state index contributed by atoms with van der Waals surface area (Å²) in [5, 5.41) is 7.64. The summed E-state index contributed by atoms with van der Waals surface area (Å²) in [6.45, 7) is 1.66. The van der Waals surface area contributed by atoms with Gasteiger partial charge in [0.15, 0.2) is 11.5 Å². The van der Waals surface area contributed by atoms with Crippen LogP contribution in [0.3, 0.4) is 0 Å². The van der Waals surface area contributed by atoms with Gasteiger partial charge in [-0.1, -0.05) is 18.2 Å². The van der Waals surface area contributed by atoms with Crippen LogP contribution in [-0.2, 0) is 14.4 Å². The van der Waals surface area contributed by atoms with Crippen LogP contribution in [0.5, 0.6) is 11.5 Å². The normalized spacial score (nSPS) is 21.3. The van der Waals surface area contributed by atoms with Crippen molar-refractivity contribution in [2.75, 3.05) is 16.7 Å². The first kappa shape index (κ1) is 19.5. The molecular weight excluding hydrogens is 416 g/mol. The smallest absolute Gasteiger partial charge is 0.335 e. The van der Waals surface area contributed by atoms with E-state index < -0.39 is 29.7 Å². The second-order valence-electron chi connectivity index (χ2n) is 7.22. The lowest BCUT2D eigenvalue weighted by molar-refractivity contribution is -0.122. The Kier molecular flexibility index (Phi) is 4.47. The number of carbonyl (C=O) groups is 4. The van der Waals surface area contributed by atoms with Crippen LogP contribution >= 0.6 is 0 Å². The standard InChI is InChI=1S/C22H16N4O6/c1-12-15(21(29)26(24-12)13-5-3-2-4-6-13)10-16-19(27)23-22(30)25(20(16)28)14-7-8-17-18(9-14)32-11-31-17/h2-10,15H,11H2,1H3,(H,23,27,30)/b16-10+/t15-/m1/s1. The Morgan fingerprint density at radius 2 is 1.75 bits per heavy atom. The Bertz CT molecular complexity index is 1240. The van der Waals surface area contributed by atoms with Crippen molar-refractivity contribution < 1.29 is 28.7 Å². The van der Waals surface area contributed by atoms with Crippen molar-refractivity contribution in [1.29, 1.82) is 0 Å². The number of fused-ring (bicyclic) bond motifs is 1. The Balaban J connectivity index is 1.47. The van der Waals surface area contributed by atoms with Gasteiger partial charge < -0.3 is 9.47 Å². The third kappa shape index (κ3) is 3.09. The monoisotopic (exact) mass is 432 g/mol. The van der Waals surface area contributed by atoms with Crippen LogP contribution in [0.2, 0.25) is 0 Å². The number of ether oxygens (including phenoxy) is 2. The number of imide groups is 2. The molecule has 0 aliphatic carbocycles. The third-order valence-electron chi connectivity index (χ3n) is 5.23. The quantitative estimate of drug-likeness (QED) is 0.585. The van der Waals surface area contributed by atoms with E-state index in [0.29, 0.717) is 22.9 Å². The zero-order valence-corrected chi connectivity index (χ0v) is 16.8. The molecule has 3 aliphatic heterocycles. The molecule has 5 rings (SSSR count). The minimum Gasteiger partial charge on any atom is -0.454 e. The van der Waals surface area contributed by atoms with Crippen LogP contribution in [0.15, 0.2) is 65.3 Å². The number of nitrogens with zero attached hydrogens (tertiary/aromatic N) is 3. The van der Waals surface area contributed by atoms with Gasteiger partial charge in [0.25, 0.3) is 17.7 Å². The van der Waals surface area contributed by atoms with Gasteiger partial charge in [0.2, 0.25) is 6.79 Å². The number of hydrogen-bond donors (Lipinski definition) is 1. The number of para-hydroxylation sites is 1. The molecule has 0 bridgehead atoms. The highest BCUT2D eigenvalue weighted by Crippen LogP contribution is 2.36. The number of carbonyl (C=O) groups excluding carboxylic acids is 4. The fraction of sp³-hybridized carbons (Fsp3) is 0.136. The van der Waals surface area contributed by atoms with Crippen LogP contribution in [0.4, 0.5) is 16.2 Å². The van der Waals surface area contributed by atoms with Crippen molar-refractivity contribution in [1.82, 2.24) is 5.32 Å². The van der Waals surface area contributed by atoms with E-state index in [1.54, 1.807) is 37.3 Å². The summed E-state index contributed by atoms with van der Waals surface area (Å²) in [6, 6.07) is 12.4. The Morgan fingerprint density at radius 1 is 1.00 bits per heavy atom. The molecule has 0 radical (unpaired) electrons. The molecule has 3 heterocycles. The number of hydrogen-bond acceptors (Lipinski definition) is 7. The van der Waals surface area contributed by atoms with Gasteiger partial charge in [-0.05, 0) is 37.3 Å².